The molecule has 0 bridgehead atoms. The van der Waals surface area contributed by atoms with Crippen molar-refractivity contribution in [2.45, 2.75) is 13.8 Å². The number of carbonyl (C=O) groups excluding carboxylic acids is 1. The number of allylic oxidation sites excluding steroid dienone is 1. The maximum absolute atomic E-state index is 12.6. The first-order valence-electron chi connectivity index (χ1n) is 8.15. The van der Waals surface area contributed by atoms with Crippen molar-refractivity contribution in [1.29, 1.82) is 5.41 Å². The molecule has 0 atom stereocenters. The Labute approximate surface area is 151 Å². The number of amides is 1. The fraction of sp³-hybridized carbons (Fsp3) is 0.158. The highest BCUT2D eigenvalue weighted by Crippen LogP contribution is 2.18. The molecule has 3 rings (SSSR count). The van der Waals surface area contributed by atoms with E-state index in [4.69, 9.17) is 5.41 Å². The van der Waals surface area contributed by atoms with Crippen molar-refractivity contribution in [3.8, 4) is 0 Å². The first-order valence-corrected chi connectivity index (χ1v) is 8.15. The minimum atomic E-state index is -0.261. The van der Waals surface area contributed by atoms with Crippen LogP contribution in [0.5, 0.6) is 0 Å². The van der Waals surface area contributed by atoms with E-state index in [-0.39, 0.29) is 5.91 Å². The number of nitrogens with zero attached hydrogens (tertiary/aromatic N) is 3. The summed E-state index contributed by atoms with van der Waals surface area (Å²) >= 11 is 0. The van der Waals surface area contributed by atoms with E-state index in [9.17, 15) is 4.79 Å². The van der Waals surface area contributed by atoms with Gasteiger partial charge in [0.25, 0.3) is 5.91 Å². The number of hydrogen-bond acceptors (Lipinski definition) is 5. The van der Waals surface area contributed by atoms with Crippen molar-refractivity contribution in [1.82, 2.24) is 19.9 Å². The minimum absolute atomic E-state index is 0.261. The van der Waals surface area contributed by atoms with E-state index in [2.05, 4.69) is 20.7 Å². The lowest BCUT2D eigenvalue weighted by Gasteiger charge is -2.07. The standard InChI is InChI=1S/C19H20N6O/c1-12-8-13(2)25-18(23-12)17(11-22-25)19(26)24-16-6-4-14(5-7-16)15(9-20)10-21-3/h4-11,20-21H,1-3H3,(H,24,26)/b15-10+,20-9?. The lowest BCUT2D eigenvalue weighted by atomic mass is 10.1. The van der Waals surface area contributed by atoms with Crippen LogP contribution in [-0.2, 0) is 0 Å². The van der Waals surface area contributed by atoms with Gasteiger partial charge < -0.3 is 16.0 Å². The maximum atomic E-state index is 12.6. The van der Waals surface area contributed by atoms with Crippen molar-refractivity contribution in [2.24, 2.45) is 0 Å². The molecule has 3 N–H and O–H groups in total. The molecule has 0 fully saturated rings. The topological polar surface area (TPSA) is 95.2 Å². The van der Waals surface area contributed by atoms with Gasteiger partial charge in [0.2, 0.25) is 0 Å². The summed E-state index contributed by atoms with van der Waals surface area (Å²) in [4.78, 5) is 17.1. The van der Waals surface area contributed by atoms with Crippen molar-refractivity contribution in [3.63, 3.8) is 0 Å². The van der Waals surface area contributed by atoms with Crippen molar-refractivity contribution < 1.29 is 4.79 Å². The van der Waals surface area contributed by atoms with Gasteiger partial charge in [0.1, 0.15) is 5.56 Å². The van der Waals surface area contributed by atoms with Crippen LogP contribution in [0.2, 0.25) is 0 Å². The van der Waals surface area contributed by atoms with Crippen LogP contribution in [0, 0.1) is 19.3 Å². The minimum Gasteiger partial charge on any atom is -0.393 e. The zero-order valence-corrected chi connectivity index (χ0v) is 14.9. The monoisotopic (exact) mass is 348 g/mol. The first-order chi connectivity index (χ1) is 12.5. The van der Waals surface area contributed by atoms with E-state index >= 15 is 0 Å². The zero-order chi connectivity index (χ0) is 18.7. The molecular weight excluding hydrogens is 328 g/mol. The van der Waals surface area contributed by atoms with Gasteiger partial charge in [-0.25, -0.2) is 9.50 Å². The van der Waals surface area contributed by atoms with Crippen LogP contribution < -0.4 is 10.6 Å². The molecule has 26 heavy (non-hydrogen) atoms. The highest BCUT2D eigenvalue weighted by Gasteiger charge is 2.15. The Bertz CT molecular complexity index is 1000. The first kappa shape index (κ1) is 17.3. The molecule has 0 saturated carbocycles. The number of hydrogen-bond donors (Lipinski definition) is 3. The van der Waals surface area contributed by atoms with E-state index in [0.717, 1.165) is 22.5 Å². The molecule has 3 aromatic rings. The van der Waals surface area contributed by atoms with E-state index in [1.54, 1.807) is 29.9 Å². The number of carbonyl (C=O) groups is 1. The van der Waals surface area contributed by atoms with Crippen LogP contribution in [0.4, 0.5) is 5.69 Å². The number of anilines is 1. The van der Waals surface area contributed by atoms with Gasteiger partial charge in [0.15, 0.2) is 5.65 Å². The predicted molar refractivity (Wildman–Crippen MR) is 103 cm³/mol. The predicted octanol–water partition coefficient (Wildman–Crippen LogP) is 2.81. The number of fused-ring (bicyclic) bond motifs is 1. The zero-order valence-electron chi connectivity index (χ0n) is 14.9. The summed E-state index contributed by atoms with van der Waals surface area (Å²) < 4.78 is 1.66. The van der Waals surface area contributed by atoms with Gasteiger partial charge in [-0.05, 0) is 37.6 Å². The van der Waals surface area contributed by atoms with Gasteiger partial charge in [-0.1, -0.05) is 12.1 Å². The molecule has 0 aliphatic carbocycles. The molecule has 132 valence electrons. The van der Waals surface area contributed by atoms with E-state index in [1.807, 2.05) is 32.0 Å². The van der Waals surface area contributed by atoms with Crippen molar-refractivity contribution in [2.75, 3.05) is 12.4 Å². The SMILES string of the molecule is CN/C=C(\C=N)c1ccc(NC(=O)c2cnn3c(C)cc(C)nc23)cc1. The quantitative estimate of drug-likeness (QED) is 0.618. The van der Waals surface area contributed by atoms with Crippen LogP contribution in [0.25, 0.3) is 11.2 Å². The highest BCUT2D eigenvalue weighted by molar-refractivity contribution is 6.09. The Balaban J connectivity index is 1.85. The third-order valence-electron chi connectivity index (χ3n) is 3.95. The Kier molecular flexibility index (Phi) is 4.79. The van der Waals surface area contributed by atoms with Gasteiger partial charge in [0, 0.05) is 42.1 Å². The molecule has 7 nitrogen and oxygen atoms in total. The largest absolute Gasteiger partial charge is 0.393 e. The molecule has 0 saturated heterocycles. The summed E-state index contributed by atoms with van der Waals surface area (Å²) in [5.41, 5.74) is 5.03. The molecule has 7 heteroatoms. The lowest BCUT2D eigenvalue weighted by Crippen LogP contribution is -2.12. The highest BCUT2D eigenvalue weighted by atomic mass is 16.1. The molecule has 0 radical (unpaired) electrons. The maximum Gasteiger partial charge on any atom is 0.261 e. The smallest absolute Gasteiger partial charge is 0.261 e. The molecular formula is C19H20N6O. The summed E-state index contributed by atoms with van der Waals surface area (Å²) in [5, 5.41) is 17.5. The number of aromatic nitrogens is 3. The summed E-state index contributed by atoms with van der Waals surface area (Å²) in [7, 11) is 1.78. The molecule has 0 spiro atoms. The van der Waals surface area contributed by atoms with Crippen molar-refractivity contribution in [3.05, 3.63) is 65.2 Å². The molecule has 2 aromatic heterocycles. The number of rotatable bonds is 5. The number of aryl methyl sites for hydroxylation is 2. The third kappa shape index (κ3) is 3.32. The lowest BCUT2D eigenvalue weighted by molar-refractivity contribution is 0.102. The summed E-state index contributed by atoms with van der Waals surface area (Å²) in [5.74, 6) is -0.261. The summed E-state index contributed by atoms with van der Waals surface area (Å²) in [6, 6.07) is 9.23. The van der Waals surface area contributed by atoms with Crippen LogP contribution in [0.3, 0.4) is 0 Å². The Morgan fingerprint density at radius 2 is 1.96 bits per heavy atom. The summed E-state index contributed by atoms with van der Waals surface area (Å²) in [6.45, 7) is 3.81. The van der Waals surface area contributed by atoms with Gasteiger partial charge in [-0.2, -0.15) is 5.10 Å². The second-order valence-electron chi connectivity index (χ2n) is 5.90. The normalized spacial score (nSPS) is 11.4. The average molecular weight is 348 g/mol. The van der Waals surface area contributed by atoms with E-state index in [1.165, 1.54) is 12.4 Å². The molecule has 0 aliphatic heterocycles. The second kappa shape index (κ2) is 7.18. The van der Waals surface area contributed by atoms with Crippen LogP contribution in [-0.4, -0.2) is 33.8 Å². The third-order valence-corrected chi connectivity index (χ3v) is 3.95. The van der Waals surface area contributed by atoms with Crippen LogP contribution >= 0.6 is 0 Å². The molecule has 2 heterocycles. The Morgan fingerprint density at radius 1 is 1.23 bits per heavy atom. The fourth-order valence-electron chi connectivity index (χ4n) is 2.74. The molecule has 0 unspecified atom stereocenters. The Morgan fingerprint density at radius 3 is 2.62 bits per heavy atom. The van der Waals surface area contributed by atoms with Crippen LogP contribution in [0.1, 0.15) is 27.3 Å². The fourth-order valence-corrected chi connectivity index (χ4v) is 2.74. The molecule has 1 amide bonds. The van der Waals surface area contributed by atoms with Gasteiger partial charge in [-0.15, -0.1) is 0 Å². The van der Waals surface area contributed by atoms with E-state index in [0.29, 0.717) is 16.9 Å². The van der Waals surface area contributed by atoms with Gasteiger partial charge in [-0.3, -0.25) is 4.79 Å². The van der Waals surface area contributed by atoms with Crippen LogP contribution in [0.15, 0.2) is 42.7 Å². The van der Waals surface area contributed by atoms with Crippen molar-refractivity contribution >= 4 is 29.0 Å². The molecule has 0 aliphatic rings. The second-order valence-corrected chi connectivity index (χ2v) is 5.90. The van der Waals surface area contributed by atoms with E-state index < -0.39 is 0 Å². The average Bonchev–Trinajstić information content (AvgIpc) is 3.04. The summed E-state index contributed by atoms with van der Waals surface area (Å²) in [6.07, 6.45) is 4.55. The number of benzene rings is 1. The Hall–Kier alpha value is -3.48. The van der Waals surface area contributed by atoms with Gasteiger partial charge in [0.05, 0.1) is 6.20 Å². The van der Waals surface area contributed by atoms with Gasteiger partial charge >= 0.3 is 0 Å². The number of nitrogens with one attached hydrogen (secondary N) is 3. The molecule has 1 aromatic carbocycles.